The average molecular weight is 247 g/mol. The molecule has 0 saturated carbocycles. The molecule has 1 N–H and O–H groups in total. The molecule has 98 valence electrons. The lowest BCUT2D eigenvalue weighted by atomic mass is 10.2. The maximum Gasteiger partial charge on any atom is 0.411 e. The smallest absolute Gasteiger partial charge is 0.411 e. The van der Waals surface area contributed by atoms with E-state index in [1.54, 1.807) is 20.8 Å². The second kappa shape index (κ2) is 4.89. The highest BCUT2D eigenvalue weighted by atomic mass is 19.1. The molecule has 5 nitrogen and oxygen atoms in total. The van der Waals surface area contributed by atoms with Crippen molar-refractivity contribution >= 4 is 12.1 Å². The van der Waals surface area contributed by atoms with Crippen LogP contribution in [0.4, 0.5) is 9.18 Å². The molecule has 1 fully saturated rings. The first kappa shape index (κ1) is 13.7. The maximum absolute atomic E-state index is 12.7. The molecule has 1 aliphatic heterocycles. The predicted molar refractivity (Wildman–Crippen MR) is 58.5 cm³/mol. The van der Waals surface area contributed by atoms with Gasteiger partial charge in [-0.2, -0.15) is 0 Å². The molecule has 1 heterocycles. The van der Waals surface area contributed by atoms with Gasteiger partial charge in [-0.25, -0.2) is 14.0 Å². The van der Waals surface area contributed by atoms with E-state index in [2.05, 4.69) is 0 Å². The van der Waals surface area contributed by atoms with Crippen molar-refractivity contribution in [1.82, 2.24) is 4.90 Å². The molecule has 6 heteroatoms. The summed E-state index contributed by atoms with van der Waals surface area (Å²) in [6.45, 7) is 4.30. The third kappa shape index (κ3) is 3.31. The average Bonchev–Trinajstić information content (AvgIpc) is 2.57. The summed E-state index contributed by atoms with van der Waals surface area (Å²) in [5.41, 5.74) is -0.719. The van der Waals surface area contributed by atoms with E-state index in [0.29, 0.717) is 6.42 Å². The van der Waals surface area contributed by atoms with Gasteiger partial charge in [0.2, 0.25) is 0 Å². The number of carbonyl (C=O) groups is 2. The highest BCUT2D eigenvalue weighted by Crippen LogP contribution is 2.27. The van der Waals surface area contributed by atoms with Gasteiger partial charge in [-0.05, 0) is 33.6 Å². The first-order chi connectivity index (χ1) is 7.76. The lowest BCUT2D eigenvalue weighted by Gasteiger charge is -2.29. The summed E-state index contributed by atoms with van der Waals surface area (Å²) in [5, 5.41) is 8.97. The molecule has 2 unspecified atom stereocenters. The van der Waals surface area contributed by atoms with Crippen LogP contribution in [0.1, 0.15) is 33.6 Å². The molecule has 1 aliphatic rings. The number of hydrogen-bond donors (Lipinski definition) is 1. The second-order valence-corrected chi connectivity index (χ2v) is 5.13. The molecular weight excluding hydrogens is 229 g/mol. The van der Waals surface area contributed by atoms with Gasteiger partial charge in [-0.15, -0.1) is 0 Å². The number of ether oxygens (including phenoxy) is 1. The summed E-state index contributed by atoms with van der Waals surface area (Å²) in [7, 11) is 0. The number of carboxylic acid groups (broad SMARTS) is 1. The zero-order chi connectivity index (χ0) is 13.2. The summed E-state index contributed by atoms with van der Waals surface area (Å²) in [6.07, 6.45) is -0.138. The van der Waals surface area contributed by atoms with Crippen LogP contribution in [0.15, 0.2) is 0 Å². The van der Waals surface area contributed by atoms with E-state index in [9.17, 15) is 14.0 Å². The fraction of sp³-hybridized carbons (Fsp3) is 0.818. The largest absolute Gasteiger partial charge is 0.480 e. The first-order valence-electron chi connectivity index (χ1n) is 5.56. The van der Waals surface area contributed by atoms with Crippen molar-refractivity contribution in [3.63, 3.8) is 0 Å². The molecule has 17 heavy (non-hydrogen) atoms. The van der Waals surface area contributed by atoms with Crippen LogP contribution in [0.5, 0.6) is 0 Å². The standard InChI is InChI=1S/C11H18FNO4/c1-11(2,3)17-10(16)13-7(6-12)4-5-8(13)9(14)15/h7-8H,4-6H2,1-3H3,(H,14,15). The molecule has 2 atom stereocenters. The highest BCUT2D eigenvalue weighted by Gasteiger charge is 2.42. The number of alkyl halides is 1. The Hall–Kier alpha value is -1.33. The Morgan fingerprint density at radius 3 is 2.41 bits per heavy atom. The van der Waals surface area contributed by atoms with E-state index >= 15 is 0 Å². The van der Waals surface area contributed by atoms with Crippen LogP contribution in [-0.2, 0) is 9.53 Å². The van der Waals surface area contributed by atoms with Crippen LogP contribution >= 0.6 is 0 Å². The van der Waals surface area contributed by atoms with Crippen molar-refractivity contribution in [2.24, 2.45) is 0 Å². The van der Waals surface area contributed by atoms with Crippen molar-refractivity contribution in [2.75, 3.05) is 6.67 Å². The van der Waals surface area contributed by atoms with Crippen molar-refractivity contribution in [1.29, 1.82) is 0 Å². The van der Waals surface area contributed by atoms with Crippen LogP contribution in [0.25, 0.3) is 0 Å². The number of nitrogens with zero attached hydrogens (tertiary/aromatic N) is 1. The molecule has 0 aromatic carbocycles. The van der Waals surface area contributed by atoms with E-state index in [-0.39, 0.29) is 6.42 Å². The quantitative estimate of drug-likeness (QED) is 0.808. The summed E-state index contributed by atoms with van der Waals surface area (Å²) >= 11 is 0. The van der Waals surface area contributed by atoms with E-state index in [4.69, 9.17) is 9.84 Å². The minimum atomic E-state index is -1.12. The van der Waals surface area contributed by atoms with Gasteiger partial charge in [0.15, 0.2) is 0 Å². The van der Waals surface area contributed by atoms with E-state index in [1.807, 2.05) is 0 Å². The number of aliphatic carboxylic acids is 1. The zero-order valence-corrected chi connectivity index (χ0v) is 10.3. The SMILES string of the molecule is CC(C)(C)OC(=O)N1C(CF)CCC1C(=O)O. The van der Waals surface area contributed by atoms with Gasteiger partial charge in [0.05, 0.1) is 6.04 Å². The number of amides is 1. The predicted octanol–water partition coefficient (Wildman–Crippen LogP) is 1.81. The third-order valence-corrected chi connectivity index (χ3v) is 2.57. The molecule has 1 amide bonds. The molecule has 0 aromatic heterocycles. The minimum Gasteiger partial charge on any atom is -0.480 e. The van der Waals surface area contributed by atoms with Crippen molar-refractivity contribution < 1.29 is 23.8 Å². The fourth-order valence-corrected chi connectivity index (χ4v) is 1.87. The van der Waals surface area contributed by atoms with Gasteiger partial charge in [-0.1, -0.05) is 0 Å². The van der Waals surface area contributed by atoms with Gasteiger partial charge in [0.25, 0.3) is 0 Å². The van der Waals surface area contributed by atoms with Crippen molar-refractivity contribution in [2.45, 2.75) is 51.3 Å². The van der Waals surface area contributed by atoms with Gasteiger partial charge in [0, 0.05) is 0 Å². The summed E-state index contributed by atoms with van der Waals surface area (Å²) < 4.78 is 17.8. The Morgan fingerprint density at radius 2 is 2.00 bits per heavy atom. The Kier molecular flexibility index (Phi) is 3.95. The number of hydrogen-bond acceptors (Lipinski definition) is 3. The summed E-state index contributed by atoms with van der Waals surface area (Å²) in [6, 6.07) is -1.67. The number of carboxylic acids is 1. The maximum atomic E-state index is 12.7. The molecule has 0 radical (unpaired) electrons. The molecular formula is C11H18FNO4. The van der Waals surface area contributed by atoms with Crippen LogP contribution in [0, 0.1) is 0 Å². The van der Waals surface area contributed by atoms with Gasteiger partial charge >= 0.3 is 12.1 Å². The number of halogens is 1. The van der Waals surface area contributed by atoms with Crippen molar-refractivity contribution in [3.8, 4) is 0 Å². The van der Waals surface area contributed by atoms with Crippen LogP contribution in [0.2, 0.25) is 0 Å². The Labute approximate surface area is 99.5 Å². The number of rotatable bonds is 2. The molecule has 0 bridgehead atoms. The molecule has 0 aliphatic carbocycles. The lowest BCUT2D eigenvalue weighted by molar-refractivity contribution is -0.142. The highest BCUT2D eigenvalue weighted by molar-refractivity contribution is 5.81. The van der Waals surface area contributed by atoms with E-state index in [1.165, 1.54) is 0 Å². The molecule has 0 spiro atoms. The van der Waals surface area contributed by atoms with Crippen LogP contribution < -0.4 is 0 Å². The monoisotopic (exact) mass is 247 g/mol. The zero-order valence-electron chi connectivity index (χ0n) is 10.3. The Balaban J connectivity index is 2.82. The van der Waals surface area contributed by atoms with Gasteiger partial charge < -0.3 is 9.84 Å². The van der Waals surface area contributed by atoms with Gasteiger partial charge in [0.1, 0.15) is 18.3 Å². The number of likely N-dealkylation sites (tertiary alicyclic amines) is 1. The Morgan fingerprint density at radius 1 is 1.41 bits per heavy atom. The molecule has 0 aromatic rings. The minimum absolute atomic E-state index is 0.267. The molecule has 1 rings (SSSR count). The first-order valence-corrected chi connectivity index (χ1v) is 5.56. The third-order valence-electron chi connectivity index (χ3n) is 2.57. The summed E-state index contributed by atoms with van der Waals surface area (Å²) in [4.78, 5) is 23.8. The van der Waals surface area contributed by atoms with Crippen LogP contribution in [0.3, 0.4) is 0 Å². The molecule has 1 saturated heterocycles. The number of carbonyl (C=O) groups excluding carboxylic acids is 1. The topological polar surface area (TPSA) is 66.8 Å². The van der Waals surface area contributed by atoms with E-state index in [0.717, 1.165) is 4.90 Å². The second-order valence-electron chi connectivity index (χ2n) is 5.13. The summed E-state index contributed by atoms with van der Waals surface area (Å²) in [5.74, 6) is -1.12. The van der Waals surface area contributed by atoms with Gasteiger partial charge in [-0.3, -0.25) is 4.90 Å². The fourth-order valence-electron chi connectivity index (χ4n) is 1.87. The van der Waals surface area contributed by atoms with E-state index < -0.39 is 36.4 Å². The van der Waals surface area contributed by atoms with Crippen LogP contribution in [-0.4, -0.2) is 46.4 Å². The normalized spacial score (nSPS) is 24.8. The Bertz CT molecular complexity index is 313. The van der Waals surface area contributed by atoms with Crippen molar-refractivity contribution in [3.05, 3.63) is 0 Å². The lowest BCUT2D eigenvalue weighted by Crippen LogP contribution is -2.47.